The van der Waals surface area contributed by atoms with Crippen molar-refractivity contribution in [3.05, 3.63) is 11.1 Å². The first-order valence-electron chi connectivity index (χ1n) is 5.96. The molecule has 1 aromatic carbocycles. The van der Waals surface area contributed by atoms with E-state index in [0.29, 0.717) is 48.3 Å². The van der Waals surface area contributed by atoms with Crippen LogP contribution in [-0.2, 0) is 0 Å². The molecule has 0 atom stereocenters. The van der Waals surface area contributed by atoms with Crippen molar-refractivity contribution in [1.82, 2.24) is 0 Å². The van der Waals surface area contributed by atoms with Crippen LogP contribution in [0.5, 0.6) is 11.5 Å². The predicted molar refractivity (Wildman–Crippen MR) is 89.2 cm³/mol. The maximum absolute atomic E-state index is 8.71. The zero-order valence-corrected chi connectivity index (χ0v) is 13.8. The van der Waals surface area contributed by atoms with Gasteiger partial charge in [0.05, 0.1) is 23.9 Å². The first-order chi connectivity index (χ1) is 9.11. The lowest BCUT2D eigenvalue weighted by atomic mass is 10.2. The Labute approximate surface area is 141 Å². The van der Waals surface area contributed by atoms with E-state index in [1.807, 2.05) is 0 Å². The number of hydrogen-bond acceptors (Lipinski definition) is 6. The third kappa shape index (κ3) is 6.67. The van der Waals surface area contributed by atoms with Gasteiger partial charge in [0.1, 0.15) is 5.69 Å². The molecule has 0 aliphatic rings. The number of nitrogens with two attached hydrogens (primary N) is 2. The summed E-state index contributed by atoms with van der Waals surface area (Å²) in [7, 11) is 0. The van der Waals surface area contributed by atoms with Crippen molar-refractivity contribution in [3.63, 3.8) is 0 Å². The Morgan fingerprint density at radius 3 is 1.90 bits per heavy atom. The van der Waals surface area contributed by atoms with Crippen molar-refractivity contribution in [2.24, 2.45) is 0 Å². The number of benzene rings is 1. The molecule has 0 heterocycles. The van der Waals surface area contributed by atoms with E-state index in [2.05, 4.69) is 0 Å². The number of aliphatic hydroxyl groups excluding tert-OH is 2. The third-order valence-corrected chi connectivity index (χ3v) is 2.63. The predicted octanol–water partition coefficient (Wildman–Crippen LogP) is 1.87. The van der Waals surface area contributed by atoms with Crippen LogP contribution in [0, 0.1) is 0 Å². The maximum atomic E-state index is 8.71. The molecule has 0 aromatic heterocycles. The number of anilines is 2. The van der Waals surface area contributed by atoms with Crippen molar-refractivity contribution in [1.29, 1.82) is 0 Å². The first kappa shape index (κ1) is 22.5. The fraction of sp³-hybridized carbons (Fsp3) is 0.500. The highest BCUT2D eigenvalue weighted by atomic mass is 35.5. The summed E-state index contributed by atoms with van der Waals surface area (Å²) in [4.78, 5) is 0. The number of halogens is 3. The lowest BCUT2D eigenvalue weighted by Crippen LogP contribution is -2.08. The Hall–Kier alpha value is -0.790. The van der Waals surface area contributed by atoms with Gasteiger partial charge in [-0.15, -0.1) is 24.8 Å². The molecular formula is C12H21Cl3N2O4. The van der Waals surface area contributed by atoms with E-state index in [4.69, 9.17) is 42.8 Å². The van der Waals surface area contributed by atoms with E-state index in [9.17, 15) is 0 Å². The molecule has 6 N–H and O–H groups in total. The molecule has 21 heavy (non-hydrogen) atoms. The average molecular weight is 364 g/mol. The van der Waals surface area contributed by atoms with Crippen LogP contribution in [0.15, 0.2) is 6.07 Å². The Kier molecular flexibility index (Phi) is 12.7. The minimum absolute atomic E-state index is 0. The Morgan fingerprint density at radius 2 is 1.43 bits per heavy atom. The molecule has 0 spiro atoms. The van der Waals surface area contributed by atoms with Crippen LogP contribution in [0.4, 0.5) is 11.4 Å². The molecule has 0 saturated heterocycles. The van der Waals surface area contributed by atoms with Crippen LogP contribution in [0.1, 0.15) is 12.8 Å². The highest BCUT2D eigenvalue weighted by molar-refractivity contribution is 6.33. The monoisotopic (exact) mass is 362 g/mol. The topological polar surface area (TPSA) is 111 Å². The molecule has 0 saturated carbocycles. The SMILES string of the molecule is Cl.Cl.Nc1cc(Cl)c(OCCCO)c(N)c1OCCCO. The van der Waals surface area contributed by atoms with Gasteiger partial charge in [0.2, 0.25) is 0 Å². The highest BCUT2D eigenvalue weighted by Crippen LogP contribution is 2.42. The summed E-state index contributed by atoms with van der Waals surface area (Å²) >= 11 is 6.00. The molecule has 0 aliphatic heterocycles. The van der Waals surface area contributed by atoms with Gasteiger partial charge in [-0.3, -0.25) is 0 Å². The lowest BCUT2D eigenvalue weighted by molar-refractivity contribution is 0.229. The first-order valence-corrected chi connectivity index (χ1v) is 6.34. The second kappa shape index (κ2) is 11.8. The van der Waals surface area contributed by atoms with E-state index in [1.165, 1.54) is 6.07 Å². The standard InChI is InChI=1S/C12H19ClN2O4.2ClH/c13-8-7-9(14)12(19-6-2-4-17)10(15)11(8)18-5-1-3-16;;/h7,16-17H,1-6,14-15H2;2*1H. The van der Waals surface area contributed by atoms with Gasteiger partial charge in [-0.05, 0) is 6.07 Å². The number of nitrogen functional groups attached to an aromatic ring is 2. The van der Waals surface area contributed by atoms with Crippen molar-refractivity contribution in [2.45, 2.75) is 12.8 Å². The molecule has 0 radical (unpaired) electrons. The van der Waals surface area contributed by atoms with Crippen LogP contribution < -0.4 is 20.9 Å². The normalized spacial score (nSPS) is 9.48. The quantitative estimate of drug-likeness (QED) is 0.414. The van der Waals surface area contributed by atoms with Crippen molar-refractivity contribution in [2.75, 3.05) is 37.9 Å². The second-order valence-corrected chi connectivity index (χ2v) is 4.28. The maximum Gasteiger partial charge on any atom is 0.168 e. The Balaban J connectivity index is 0. The third-order valence-electron chi connectivity index (χ3n) is 2.35. The second-order valence-electron chi connectivity index (χ2n) is 3.87. The molecule has 1 rings (SSSR count). The average Bonchev–Trinajstić information content (AvgIpc) is 2.37. The zero-order valence-electron chi connectivity index (χ0n) is 11.4. The van der Waals surface area contributed by atoms with Crippen LogP contribution in [0.3, 0.4) is 0 Å². The lowest BCUT2D eigenvalue weighted by Gasteiger charge is -2.16. The largest absolute Gasteiger partial charge is 0.490 e. The molecule has 6 nitrogen and oxygen atoms in total. The summed E-state index contributed by atoms with van der Waals surface area (Å²) in [6, 6.07) is 1.50. The van der Waals surface area contributed by atoms with Gasteiger partial charge in [-0.1, -0.05) is 11.6 Å². The van der Waals surface area contributed by atoms with Gasteiger partial charge in [-0.25, -0.2) is 0 Å². The Morgan fingerprint density at radius 1 is 0.952 bits per heavy atom. The van der Waals surface area contributed by atoms with Crippen LogP contribution in [0.25, 0.3) is 0 Å². The van der Waals surface area contributed by atoms with Crippen molar-refractivity contribution >= 4 is 47.8 Å². The number of ether oxygens (including phenoxy) is 2. The summed E-state index contributed by atoms with van der Waals surface area (Å²) in [5.41, 5.74) is 12.2. The van der Waals surface area contributed by atoms with Crippen LogP contribution in [0.2, 0.25) is 5.02 Å². The van der Waals surface area contributed by atoms with Crippen LogP contribution in [-0.4, -0.2) is 36.6 Å². The van der Waals surface area contributed by atoms with Crippen molar-refractivity contribution in [3.8, 4) is 11.5 Å². The van der Waals surface area contributed by atoms with Gasteiger partial charge >= 0.3 is 0 Å². The smallest absolute Gasteiger partial charge is 0.168 e. The fourth-order valence-corrected chi connectivity index (χ4v) is 1.71. The summed E-state index contributed by atoms with van der Waals surface area (Å²) < 4.78 is 10.8. The van der Waals surface area contributed by atoms with Crippen molar-refractivity contribution < 1.29 is 19.7 Å². The molecule has 124 valence electrons. The van der Waals surface area contributed by atoms with E-state index < -0.39 is 0 Å². The van der Waals surface area contributed by atoms with Gasteiger partial charge in [-0.2, -0.15) is 0 Å². The summed E-state index contributed by atoms with van der Waals surface area (Å²) in [5.74, 6) is 0.597. The molecule has 0 aliphatic carbocycles. The zero-order chi connectivity index (χ0) is 14.3. The highest BCUT2D eigenvalue weighted by Gasteiger charge is 2.16. The fourth-order valence-electron chi connectivity index (χ4n) is 1.44. The minimum Gasteiger partial charge on any atom is -0.490 e. The minimum atomic E-state index is 0. The van der Waals surface area contributed by atoms with E-state index in [0.717, 1.165) is 0 Å². The van der Waals surface area contributed by atoms with Gasteiger partial charge in [0, 0.05) is 26.1 Å². The molecule has 0 unspecified atom stereocenters. The summed E-state index contributed by atoms with van der Waals surface area (Å²) in [5, 5.41) is 17.7. The number of rotatable bonds is 8. The van der Waals surface area contributed by atoms with E-state index in [-0.39, 0.29) is 43.7 Å². The summed E-state index contributed by atoms with van der Waals surface area (Å²) in [6.07, 6.45) is 0.947. The number of aliphatic hydroxyl groups is 2. The summed E-state index contributed by atoms with van der Waals surface area (Å²) in [6.45, 7) is 0.628. The Bertz CT molecular complexity index is 388. The number of hydrogen-bond donors (Lipinski definition) is 4. The molecule has 0 bridgehead atoms. The molecular weight excluding hydrogens is 343 g/mol. The molecule has 0 fully saturated rings. The van der Waals surface area contributed by atoms with Gasteiger partial charge in [0.15, 0.2) is 11.5 Å². The molecule has 9 heteroatoms. The van der Waals surface area contributed by atoms with E-state index >= 15 is 0 Å². The molecule has 0 amide bonds. The molecule has 1 aromatic rings. The van der Waals surface area contributed by atoms with Gasteiger partial charge < -0.3 is 31.2 Å². The van der Waals surface area contributed by atoms with Crippen LogP contribution >= 0.6 is 36.4 Å². The van der Waals surface area contributed by atoms with Gasteiger partial charge in [0.25, 0.3) is 0 Å². The van der Waals surface area contributed by atoms with E-state index in [1.54, 1.807) is 0 Å².